The highest BCUT2D eigenvalue weighted by Crippen LogP contribution is 2.14. The molecule has 4 nitrogen and oxygen atoms in total. The molecule has 0 unspecified atom stereocenters. The number of pyridine rings is 1. The minimum absolute atomic E-state index is 0.137. The molecule has 0 radical (unpaired) electrons. The Labute approximate surface area is 106 Å². The van der Waals surface area contributed by atoms with E-state index in [9.17, 15) is 4.79 Å². The van der Waals surface area contributed by atoms with E-state index in [4.69, 9.17) is 0 Å². The lowest BCUT2D eigenvalue weighted by Gasteiger charge is -2.26. The Bertz CT molecular complexity index is 582. The van der Waals surface area contributed by atoms with E-state index in [0.29, 0.717) is 0 Å². The molecule has 0 N–H and O–H groups in total. The van der Waals surface area contributed by atoms with Crippen LogP contribution >= 0.6 is 0 Å². The predicted molar refractivity (Wildman–Crippen MR) is 69.7 cm³/mol. The van der Waals surface area contributed by atoms with Crippen LogP contribution in [0.5, 0.6) is 0 Å². The molecule has 4 heteroatoms. The second-order valence-corrected chi connectivity index (χ2v) is 4.92. The van der Waals surface area contributed by atoms with Crippen molar-refractivity contribution in [1.29, 1.82) is 0 Å². The lowest BCUT2D eigenvalue weighted by Crippen LogP contribution is -2.35. The van der Waals surface area contributed by atoms with Crippen molar-refractivity contribution in [1.82, 2.24) is 14.3 Å². The molecule has 1 fully saturated rings. The van der Waals surface area contributed by atoms with Crippen LogP contribution in [0.2, 0.25) is 0 Å². The summed E-state index contributed by atoms with van der Waals surface area (Å²) in [6.45, 7) is 3.73. The third-order valence-electron chi connectivity index (χ3n) is 3.47. The van der Waals surface area contributed by atoms with Gasteiger partial charge in [0, 0.05) is 31.0 Å². The smallest absolute Gasteiger partial charge is 0.254 e. The first-order valence-corrected chi connectivity index (χ1v) is 6.49. The van der Waals surface area contributed by atoms with Gasteiger partial charge in [-0.05, 0) is 38.3 Å². The Kier molecular flexibility index (Phi) is 2.78. The van der Waals surface area contributed by atoms with Crippen LogP contribution in [-0.4, -0.2) is 33.3 Å². The maximum absolute atomic E-state index is 12.3. The number of hydrogen-bond donors (Lipinski definition) is 0. The number of carbonyl (C=O) groups excluding carboxylic acids is 1. The molecule has 0 bridgehead atoms. The molecule has 1 amide bonds. The van der Waals surface area contributed by atoms with Gasteiger partial charge in [-0.15, -0.1) is 0 Å². The molecule has 3 rings (SSSR count). The number of imidazole rings is 1. The van der Waals surface area contributed by atoms with Gasteiger partial charge in [0.2, 0.25) is 0 Å². The maximum Gasteiger partial charge on any atom is 0.254 e. The zero-order valence-corrected chi connectivity index (χ0v) is 10.6. The lowest BCUT2D eigenvalue weighted by atomic mass is 10.1. The molecule has 2 aromatic rings. The van der Waals surface area contributed by atoms with Crippen molar-refractivity contribution in [2.24, 2.45) is 0 Å². The van der Waals surface area contributed by atoms with E-state index in [0.717, 1.165) is 42.8 Å². The third-order valence-corrected chi connectivity index (χ3v) is 3.47. The van der Waals surface area contributed by atoms with Crippen molar-refractivity contribution >= 4 is 11.6 Å². The van der Waals surface area contributed by atoms with Crippen LogP contribution in [-0.2, 0) is 0 Å². The Morgan fingerprint density at radius 3 is 2.83 bits per heavy atom. The molecule has 0 spiro atoms. The molecular weight excluding hydrogens is 226 g/mol. The summed E-state index contributed by atoms with van der Waals surface area (Å²) in [7, 11) is 0. The average molecular weight is 243 g/mol. The second-order valence-electron chi connectivity index (χ2n) is 4.92. The fourth-order valence-electron chi connectivity index (χ4n) is 2.52. The lowest BCUT2D eigenvalue weighted by molar-refractivity contribution is 0.0724. The Morgan fingerprint density at radius 1 is 1.28 bits per heavy atom. The fourth-order valence-corrected chi connectivity index (χ4v) is 2.52. The van der Waals surface area contributed by atoms with E-state index < -0.39 is 0 Å². The van der Waals surface area contributed by atoms with Crippen LogP contribution < -0.4 is 0 Å². The van der Waals surface area contributed by atoms with E-state index in [2.05, 4.69) is 4.98 Å². The number of aromatic nitrogens is 2. The van der Waals surface area contributed by atoms with Crippen molar-refractivity contribution in [2.45, 2.75) is 26.2 Å². The topological polar surface area (TPSA) is 37.6 Å². The summed E-state index contributed by atoms with van der Waals surface area (Å²) in [5, 5.41) is 0. The molecule has 3 heterocycles. The van der Waals surface area contributed by atoms with Crippen LogP contribution in [0.15, 0.2) is 24.5 Å². The molecule has 94 valence electrons. The second kappa shape index (κ2) is 4.44. The third kappa shape index (κ3) is 1.98. The van der Waals surface area contributed by atoms with Gasteiger partial charge in [-0.25, -0.2) is 4.98 Å². The van der Waals surface area contributed by atoms with Crippen molar-refractivity contribution < 1.29 is 4.79 Å². The van der Waals surface area contributed by atoms with Gasteiger partial charge in [-0.1, -0.05) is 0 Å². The van der Waals surface area contributed by atoms with Gasteiger partial charge in [-0.3, -0.25) is 4.79 Å². The van der Waals surface area contributed by atoms with Gasteiger partial charge < -0.3 is 9.30 Å². The van der Waals surface area contributed by atoms with Gasteiger partial charge in [0.1, 0.15) is 5.65 Å². The molecule has 1 aliphatic rings. The van der Waals surface area contributed by atoms with Crippen LogP contribution in [0, 0.1) is 6.92 Å². The van der Waals surface area contributed by atoms with E-state index in [1.54, 1.807) is 0 Å². The van der Waals surface area contributed by atoms with Crippen LogP contribution in [0.25, 0.3) is 5.65 Å². The summed E-state index contributed by atoms with van der Waals surface area (Å²) in [5.41, 5.74) is 2.56. The van der Waals surface area contributed by atoms with Crippen LogP contribution in [0.3, 0.4) is 0 Å². The van der Waals surface area contributed by atoms with Gasteiger partial charge >= 0.3 is 0 Å². The van der Waals surface area contributed by atoms with Gasteiger partial charge in [0.15, 0.2) is 0 Å². The highest BCUT2D eigenvalue weighted by Gasteiger charge is 2.18. The number of fused-ring (bicyclic) bond motifs is 1. The maximum atomic E-state index is 12.3. The van der Waals surface area contributed by atoms with Crippen molar-refractivity contribution in [3.63, 3.8) is 0 Å². The van der Waals surface area contributed by atoms with E-state index in [1.807, 2.05) is 40.8 Å². The molecule has 1 aliphatic heterocycles. The minimum atomic E-state index is 0.137. The Balaban J connectivity index is 1.90. The molecule has 1 saturated heterocycles. The summed E-state index contributed by atoms with van der Waals surface area (Å²) in [5.74, 6) is 0.137. The van der Waals surface area contributed by atoms with Crippen molar-refractivity contribution in [3.8, 4) is 0 Å². The Hall–Kier alpha value is -1.84. The highest BCUT2D eigenvalue weighted by molar-refractivity contribution is 5.95. The SMILES string of the molecule is Cc1cn2ccc(C(=O)N3CCCCC3)cc2n1. The number of aryl methyl sites for hydroxylation is 1. The number of nitrogens with zero attached hydrogens (tertiary/aromatic N) is 3. The van der Waals surface area contributed by atoms with Gasteiger partial charge in [0.05, 0.1) is 5.69 Å². The highest BCUT2D eigenvalue weighted by atomic mass is 16.2. The van der Waals surface area contributed by atoms with Crippen LogP contribution in [0.1, 0.15) is 35.3 Å². The quantitative estimate of drug-likeness (QED) is 0.770. The summed E-state index contributed by atoms with van der Waals surface area (Å²) in [6, 6.07) is 3.76. The normalized spacial score (nSPS) is 16.2. The summed E-state index contributed by atoms with van der Waals surface area (Å²) in [6.07, 6.45) is 7.35. The molecule has 0 saturated carbocycles. The predicted octanol–water partition coefficient (Wildman–Crippen LogP) is 2.27. The zero-order valence-electron chi connectivity index (χ0n) is 10.6. The fraction of sp³-hybridized carbons (Fsp3) is 0.429. The number of rotatable bonds is 1. The van der Waals surface area contributed by atoms with Crippen LogP contribution in [0.4, 0.5) is 0 Å². The summed E-state index contributed by atoms with van der Waals surface area (Å²) < 4.78 is 1.95. The minimum Gasteiger partial charge on any atom is -0.339 e. The van der Waals surface area contributed by atoms with Crippen molar-refractivity contribution in [3.05, 3.63) is 35.8 Å². The number of amides is 1. The number of hydrogen-bond acceptors (Lipinski definition) is 2. The first kappa shape index (κ1) is 11.3. The zero-order chi connectivity index (χ0) is 12.5. The molecule has 18 heavy (non-hydrogen) atoms. The first-order chi connectivity index (χ1) is 8.74. The van der Waals surface area contributed by atoms with Gasteiger partial charge in [-0.2, -0.15) is 0 Å². The van der Waals surface area contributed by atoms with E-state index in [1.165, 1.54) is 6.42 Å². The largest absolute Gasteiger partial charge is 0.339 e. The van der Waals surface area contributed by atoms with Gasteiger partial charge in [0.25, 0.3) is 5.91 Å². The molecule has 0 atom stereocenters. The molecule has 2 aromatic heterocycles. The summed E-state index contributed by atoms with van der Waals surface area (Å²) >= 11 is 0. The molecule has 0 aromatic carbocycles. The Morgan fingerprint density at radius 2 is 2.06 bits per heavy atom. The monoisotopic (exact) mass is 243 g/mol. The van der Waals surface area contributed by atoms with E-state index >= 15 is 0 Å². The standard InChI is InChI=1S/C14H17N3O/c1-11-10-17-8-5-12(9-13(17)15-11)14(18)16-6-3-2-4-7-16/h5,8-10H,2-4,6-7H2,1H3. The molecule has 0 aliphatic carbocycles. The summed E-state index contributed by atoms with van der Waals surface area (Å²) in [4.78, 5) is 18.7. The first-order valence-electron chi connectivity index (χ1n) is 6.49. The molecular formula is C14H17N3O. The number of carbonyl (C=O) groups is 1. The number of likely N-dealkylation sites (tertiary alicyclic amines) is 1. The van der Waals surface area contributed by atoms with Crippen molar-refractivity contribution in [2.75, 3.05) is 13.1 Å². The number of piperidine rings is 1. The average Bonchev–Trinajstić information content (AvgIpc) is 2.78. The van der Waals surface area contributed by atoms with E-state index in [-0.39, 0.29) is 5.91 Å².